The lowest BCUT2D eigenvalue weighted by Crippen LogP contribution is -2.37. The minimum absolute atomic E-state index is 0.230. The summed E-state index contributed by atoms with van der Waals surface area (Å²) < 4.78 is 37.1. The van der Waals surface area contributed by atoms with E-state index in [-0.39, 0.29) is 18.4 Å². The first-order valence-corrected chi connectivity index (χ1v) is 8.89. The lowest BCUT2D eigenvalue weighted by atomic mass is 10.2. The second kappa shape index (κ2) is 8.70. The monoisotopic (exact) mass is 331 g/mol. The molecular weight excluding hydrogens is 309 g/mol. The molecule has 0 saturated heterocycles. The van der Waals surface area contributed by atoms with Gasteiger partial charge in [0.25, 0.3) is 0 Å². The van der Waals surface area contributed by atoms with E-state index in [1.807, 2.05) is 0 Å². The van der Waals surface area contributed by atoms with E-state index in [9.17, 15) is 17.6 Å². The summed E-state index contributed by atoms with van der Waals surface area (Å²) in [5, 5.41) is 5.24. The Balaban J connectivity index is 2.24. The molecule has 0 heterocycles. The number of urea groups is 1. The summed E-state index contributed by atoms with van der Waals surface area (Å²) in [4.78, 5) is 11.6. The quantitative estimate of drug-likeness (QED) is 0.705. The van der Waals surface area contributed by atoms with Crippen molar-refractivity contribution < 1.29 is 17.6 Å². The zero-order chi connectivity index (χ0) is 16.6. The first kappa shape index (κ1) is 18.4. The summed E-state index contributed by atoms with van der Waals surface area (Å²) in [6.07, 6.45) is 1.68. The molecule has 0 aliphatic rings. The van der Waals surface area contributed by atoms with E-state index in [0.717, 1.165) is 6.26 Å². The molecule has 2 N–H and O–H groups in total. The van der Waals surface area contributed by atoms with Gasteiger partial charge in [-0.05, 0) is 24.1 Å². The van der Waals surface area contributed by atoms with Gasteiger partial charge < -0.3 is 10.6 Å². The maximum Gasteiger partial charge on any atom is 0.315 e. The Hall–Kier alpha value is -1.67. The molecule has 124 valence electrons. The molecule has 2 amide bonds. The highest BCUT2D eigenvalue weighted by atomic mass is 32.2. The molecule has 0 aliphatic carbocycles. The molecule has 0 atom stereocenters. The van der Waals surface area contributed by atoms with Crippen molar-refractivity contribution in [1.82, 2.24) is 14.9 Å². The van der Waals surface area contributed by atoms with Crippen LogP contribution in [0.15, 0.2) is 24.3 Å². The van der Waals surface area contributed by atoms with Gasteiger partial charge in [0, 0.05) is 26.2 Å². The van der Waals surface area contributed by atoms with Crippen LogP contribution in [-0.4, -0.2) is 44.6 Å². The molecule has 0 aromatic heterocycles. The molecule has 22 heavy (non-hydrogen) atoms. The third-order valence-corrected chi connectivity index (χ3v) is 4.41. The number of rotatable bonds is 8. The third-order valence-electron chi connectivity index (χ3n) is 3.03. The number of sulfonamides is 1. The second-order valence-corrected chi connectivity index (χ2v) is 6.83. The molecule has 1 rings (SSSR count). The van der Waals surface area contributed by atoms with Crippen molar-refractivity contribution in [3.63, 3.8) is 0 Å². The number of carbonyl (C=O) groups excluding carboxylic acids is 1. The first-order valence-electron chi connectivity index (χ1n) is 7.04. The fourth-order valence-electron chi connectivity index (χ4n) is 1.91. The van der Waals surface area contributed by atoms with Gasteiger partial charge in [-0.15, -0.1) is 0 Å². The molecule has 1 aromatic rings. The highest BCUT2D eigenvalue weighted by molar-refractivity contribution is 7.88. The largest absolute Gasteiger partial charge is 0.338 e. The molecule has 6 nitrogen and oxygen atoms in total. The molecule has 0 bridgehead atoms. The van der Waals surface area contributed by atoms with E-state index in [0.29, 0.717) is 31.6 Å². The van der Waals surface area contributed by atoms with Crippen LogP contribution < -0.4 is 10.6 Å². The number of hydrogen-bond donors (Lipinski definition) is 2. The van der Waals surface area contributed by atoms with Gasteiger partial charge >= 0.3 is 6.03 Å². The van der Waals surface area contributed by atoms with E-state index in [1.165, 1.54) is 16.4 Å². The molecule has 0 saturated carbocycles. The molecular formula is C14H22FN3O3S. The molecule has 0 fully saturated rings. The van der Waals surface area contributed by atoms with E-state index in [4.69, 9.17) is 0 Å². The summed E-state index contributed by atoms with van der Waals surface area (Å²) in [6.45, 7) is 3.12. The SMILES string of the molecule is CCN(CCCNC(=O)NCc1cccc(F)c1)S(C)(=O)=O. The van der Waals surface area contributed by atoms with Crippen LogP contribution in [0.2, 0.25) is 0 Å². The molecule has 0 unspecified atom stereocenters. The first-order chi connectivity index (χ1) is 10.3. The van der Waals surface area contributed by atoms with Crippen LogP contribution in [0.1, 0.15) is 18.9 Å². The maximum absolute atomic E-state index is 13.0. The van der Waals surface area contributed by atoms with Crippen molar-refractivity contribution in [2.45, 2.75) is 19.9 Å². The molecule has 8 heteroatoms. The maximum atomic E-state index is 13.0. The van der Waals surface area contributed by atoms with Crippen molar-refractivity contribution in [1.29, 1.82) is 0 Å². The predicted molar refractivity (Wildman–Crippen MR) is 83.3 cm³/mol. The van der Waals surface area contributed by atoms with E-state index in [2.05, 4.69) is 10.6 Å². The summed E-state index contributed by atoms with van der Waals surface area (Å²) in [7, 11) is -3.20. The van der Waals surface area contributed by atoms with Crippen LogP contribution in [0.5, 0.6) is 0 Å². The van der Waals surface area contributed by atoms with Gasteiger partial charge in [0.1, 0.15) is 5.82 Å². The summed E-state index contributed by atoms with van der Waals surface area (Å²) >= 11 is 0. The zero-order valence-electron chi connectivity index (χ0n) is 12.8. The van der Waals surface area contributed by atoms with Crippen molar-refractivity contribution >= 4 is 16.1 Å². The van der Waals surface area contributed by atoms with Crippen molar-refractivity contribution in [2.24, 2.45) is 0 Å². The standard InChI is InChI=1S/C14H22FN3O3S/c1-3-18(22(2,20)21)9-5-8-16-14(19)17-11-12-6-4-7-13(15)10-12/h4,6-7,10H,3,5,8-9,11H2,1-2H3,(H2,16,17,19). The number of halogens is 1. The average molecular weight is 331 g/mol. The minimum Gasteiger partial charge on any atom is -0.338 e. The Morgan fingerprint density at radius 2 is 2.05 bits per heavy atom. The highest BCUT2D eigenvalue weighted by Crippen LogP contribution is 2.02. The van der Waals surface area contributed by atoms with Gasteiger partial charge in [-0.3, -0.25) is 0 Å². The number of carbonyl (C=O) groups is 1. The van der Waals surface area contributed by atoms with E-state index < -0.39 is 10.0 Å². The van der Waals surface area contributed by atoms with Crippen molar-refractivity contribution in [3.05, 3.63) is 35.6 Å². The Morgan fingerprint density at radius 1 is 1.32 bits per heavy atom. The number of hydrogen-bond acceptors (Lipinski definition) is 3. The molecule has 0 radical (unpaired) electrons. The van der Waals surface area contributed by atoms with Gasteiger partial charge in [-0.2, -0.15) is 0 Å². The highest BCUT2D eigenvalue weighted by Gasteiger charge is 2.13. The third kappa shape index (κ3) is 6.86. The zero-order valence-corrected chi connectivity index (χ0v) is 13.6. The summed E-state index contributed by atoms with van der Waals surface area (Å²) in [5.74, 6) is -0.347. The van der Waals surface area contributed by atoms with E-state index in [1.54, 1.807) is 19.1 Å². The average Bonchev–Trinajstić information content (AvgIpc) is 2.44. The second-order valence-electron chi connectivity index (χ2n) is 4.85. The van der Waals surface area contributed by atoms with Gasteiger partial charge in [-0.25, -0.2) is 21.9 Å². The lowest BCUT2D eigenvalue weighted by Gasteiger charge is -2.17. The van der Waals surface area contributed by atoms with Crippen LogP contribution in [-0.2, 0) is 16.6 Å². The molecule has 0 aliphatic heterocycles. The number of benzene rings is 1. The van der Waals surface area contributed by atoms with Crippen LogP contribution >= 0.6 is 0 Å². The van der Waals surface area contributed by atoms with Crippen molar-refractivity contribution in [2.75, 3.05) is 25.9 Å². The normalized spacial score (nSPS) is 11.5. The Morgan fingerprint density at radius 3 is 2.64 bits per heavy atom. The van der Waals surface area contributed by atoms with Gasteiger partial charge in [0.2, 0.25) is 10.0 Å². The number of nitrogens with zero attached hydrogens (tertiary/aromatic N) is 1. The van der Waals surface area contributed by atoms with E-state index >= 15 is 0 Å². The number of amides is 2. The van der Waals surface area contributed by atoms with Crippen LogP contribution in [0.3, 0.4) is 0 Å². The Kier molecular flexibility index (Phi) is 7.26. The van der Waals surface area contributed by atoms with Crippen molar-refractivity contribution in [3.8, 4) is 0 Å². The Labute approximate surface area is 130 Å². The van der Waals surface area contributed by atoms with Crippen LogP contribution in [0.4, 0.5) is 9.18 Å². The van der Waals surface area contributed by atoms with Gasteiger partial charge in [0.15, 0.2) is 0 Å². The fraction of sp³-hybridized carbons (Fsp3) is 0.500. The van der Waals surface area contributed by atoms with Crippen LogP contribution in [0.25, 0.3) is 0 Å². The van der Waals surface area contributed by atoms with Gasteiger partial charge in [-0.1, -0.05) is 19.1 Å². The molecule has 0 spiro atoms. The molecule has 1 aromatic carbocycles. The van der Waals surface area contributed by atoms with Gasteiger partial charge in [0.05, 0.1) is 6.26 Å². The fourth-order valence-corrected chi connectivity index (χ4v) is 2.84. The number of nitrogens with one attached hydrogen (secondary N) is 2. The van der Waals surface area contributed by atoms with Crippen LogP contribution in [0, 0.1) is 5.82 Å². The smallest absolute Gasteiger partial charge is 0.315 e. The predicted octanol–water partition coefficient (Wildman–Crippen LogP) is 1.30. The lowest BCUT2D eigenvalue weighted by molar-refractivity contribution is 0.240. The topological polar surface area (TPSA) is 78.5 Å². The Bertz CT molecular complexity index is 593. The summed E-state index contributed by atoms with van der Waals surface area (Å²) in [5.41, 5.74) is 0.671. The minimum atomic E-state index is -3.20. The summed E-state index contributed by atoms with van der Waals surface area (Å²) in [6, 6.07) is 5.62.